The van der Waals surface area contributed by atoms with Crippen LogP contribution < -0.4 is 0 Å². The van der Waals surface area contributed by atoms with E-state index in [0.29, 0.717) is 32.5 Å². The van der Waals surface area contributed by atoms with Crippen LogP contribution in [-0.4, -0.2) is 15.5 Å². The molecule has 1 aromatic heterocycles. The number of carbonyl (C=O) groups is 1. The minimum absolute atomic E-state index is 0.00679. The molecule has 7 heteroatoms. The maximum atomic E-state index is 13.8. The lowest BCUT2D eigenvalue weighted by Gasteiger charge is -2.11. The fourth-order valence-electron chi connectivity index (χ4n) is 3.66. The van der Waals surface area contributed by atoms with Gasteiger partial charge in [-0.05, 0) is 53.9 Å². The zero-order chi connectivity index (χ0) is 21.7. The number of fused-ring (bicyclic) bond motifs is 2. The van der Waals surface area contributed by atoms with E-state index in [1.54, 1.807) is 30.3 Å². The number of carbonyl (C=O) groups excluding carboxylic acids is 1. The first-order chi connectivity index (χ1) is 14.9. The highest BCUT2D eigenvalue weighted by molar-refractivity contribution is 6.36. The molecular weight excluding hydrogens is 441 g/mol. The molecule has 0 saturated carbocycles. The summed E-state index contributed by atoms with van der Waals surface area (Å²) in [6.07, 6.45) is 0. The highest BCUT2D eigenvalue weighted by atomic mass is 35.5. The second-order valence-electron chi connectivity index (χ2n) is 6.98. The number of nitrogens with zero attached hydrogens (tertiary/aromatic N) is 2. The largest absolute Gasteiger partial charge is 0.268 e. The average Bonchev–Trinajstić information content (AvgIpc) is 3.13. The highest BCUT2D eigenvalue weighted by Crippen LogP contribution is 2.35. The molecule has 0 unspecified atom stereocenters. The predicted molar refractivity (Wildman–Crippen MR) is 119 cm³/mol. The molecule has 0 amide bonds. The van der Waals surface area contributed by atoms with Crippen LogP contribution >= 0.6 is 23.2 Å². The number of imidazole rings is 1. The van der Waals surface area contributed by atoms with Crippen molar-refractivity contribution in [1.82, 2.24) is 9.55 Å². The molecule has 0 atom stereocenters. The standard InChI is InChI=1S/C24H12Cl2F2N2O/c25-14-6-10-22-21(12-14)29-23(17-7-8-18(26)16-4-2-1-3-15(16)17)30(22)24(31)13-5-9-19(27)20(28)11-13/h1-12H. The zero-order valence-electron chi connectivity index (χ0n) is 15.7. The lowest BCUT2D eigenvalue weighted by atomic mass is 10.0. The molecule has 152 valence electrons. The summed E-state index contributed by atoms with van der Waals surface area (Å²) in [4.78, 5) is 18.1. The summed E-state index contributed by atoms with van der Waals surface area (Å²) in [5.41, 5.74) is 1.65. The summed E-state index contributed by atoms with van der Waals surface area (Å²) in [5.74, 6) is -2.32. The van der Waals surface area contributed by atoms with Gasteiger partial charge in [-0.1, -0.05) is 47.5 Å². The first-order valence-corrected chi connectivity index (χ1v) is 10.0. The topological polar surface area (TPSA) is 34.9 Å². The van der Waals surface area contributed by atoms with Crippen molar-refractivity contribution in [1.29, 1.82) is 0 Å². The molecule has 1 heterocycles. The van der Waals surface area contributed by atoms with Gasteiger partial charge in [0.1, 0.15) is 5.82 Å². The monoisotopic (exact) mass is 452 g/mol. The van der Waals surface area contributed by atoms with Crippen molar-refractivity contribution in [3.8, 4) is 11.4 Å². The van der Waals surface area contributed by atoms with Crippen LogP contribution in [0.15, 0.2) is 72.8 Å². The van der Waals surface area contributed by atoms with Crippen LogP contribution in [0.5, 0.6) is 0 Å². The SMILES string of the molecule is O=C(c1ccc(F)c(F)c1)n1c(-c2ccc(Cl)c3ccccc23)nc2cc(Cl)ccc21. The van der Waals surface area contributed by atoms with Crippen LogP contribution in [0.1, 0.15) is 10.4 Å². The van der Waals surface area contributed by atoms with E-state index in [0.717, 1.165) is 22.9 Å². The minimum atomic E-state index is -1.10. The van der Waals surface area contributed by atoms with E-state index in [-0.39, 0.29) is 5.56 Å². The van der Waals surface area contributed by atoms with E-state index in [4.69, 9.17) is 23.2 Å². The number of rotatable bonds is 2. The number of halogens is 4. The lowest BCUT2D eigenvalue weighted by Crippen LogP contribution is -2.14. The Hall–Kier alpha value is -3.28. The van der Waals surface area contributed by atoms with Crippen LogP contribution in [0.2, 0.25) is 10.0 Å². The summed E-state index contributed by atoms with van der Waals surface area (Å²) in [6.45, 7) is 0. The summed E-state index contributed by atoms with van der Waals surface area (Å²) >= 11 is 12.5. The first-order valence-electron chi connectivity index (χ1n) is 9.29. The number of hydrogen-bond acceptors (Lipinski definition) is 2. The van der Waals surface area contributed by atoms with Gasteiger partial charge in [0.15, 0.2) is 11.6 Å². The minimum Gasteiger partial charge on any atom is -0.268 e. The van der Waals surface area contributed by atoms with Crippen LogP contribution in [-0.2, 0) is 0 Å². The molecule has 0 bridgehead atoms. The molecule has 0 radical (unpaired) electrons. The normalized spacial score (nSPS) is 11.4. The van der Waals surface area contributed by atoms with Gasteiger partial charge in [-0.3, -0.25) is 9.36 Å². The molecular formula is C24H12Cl2F2N2O. The van der Waals surface area contributed by atoms with E-state index in [1.165, 1.54) is 10.6 Å². The Morgan fingerprint density at radius 2 is 1.61 bits per heavy atom. The van der Waals surface area contributed by atoms with Crippen LogP contribution in [0.25, 0.3) is 33.2 Å². The molecule has 0 N–H and O–H groups in total. The van der Waals surface area contributed by atoms with Crippen LogP contribution in [0.3, 0.4) is 0 Å². The van der Waals surface area contributed by atoms with E-state index < -0.39 is 17.5 Å². The maximum Gasteiger partial charge on any atom is 0.264 e. The van der Waals surface area contributed by atoms with Crippen molar-refractivity contribution < 1.29 is 13.6 Å². The van der Waals surface area contributed by atoms with E-state index in [2.05, 4.69) is 4.98 Å². The number of hydrogen-bond donors (Lipinski definition) is 0. The molecule has 0 aliphatic heterocycles. The quantitative estimate of drug-likeness (QED) is 0.285. The second-order valence-corrected chi connectivity index (χ2v) is 7.82. The predicted octanol–water partition coefficient (Wildman–Crippen LogP) is 7.13. The molecule has 31 heavy (non-hydrogen) atoms. The third-order valence-electron chi connectivity index (χ3n) is 5.10. The van der Waals surface area contributed by atoms with Gasteiger partial charge < -0.3 is 0 Å². The van der Waals surface area contributed by atoms with Crippen LogP contribution in [0, 0.1) is 11.6 Å². The average molecular weight is 453 g/mol. The number of aromatic nitrogens is 2. The molecule has 0 fully saturated rings. The molecule has 5 aromatic rings. The summed E-state index contributed by atoms with van der Waals surface area (Å²) < 4.78 is 28.6. The van der Waals surface area contributed by atoms with Gasteiger partial charge in [0.05, 0.1) is 11.0 Å². The lowest BCUT2D eigenvalue weighted by molar-refractivity contribution is 0.0965. The van der Waals surface area contributed by atoms with Gasteiger partial charge in [-0.15, -0.1) is 0 Å². The smallest absolute Gasteiger partial charge is 0.264 e. The van der Waals surface area contributed by atoms with Crippen molar-refractivity contribution in [2.75, 3.05) is 0 Å². The summed E-state index contributed by atoms with van der Waals surface area (Å²) in [6, 6.07) is 19.0. The van der Waals surface area contributed by atoms with Gasteiger partial charge in [-0.25, -0.2) is 13.8 Å². The van der Waals surface area contributed by atoms with Gasteiger partial charge in [0.2, 0.25) is 0 Å². The molecule has 0 aliphatic carbocycles. The fourth-order valence-corrected chi connectivity index (χ4v) is 4.05. The van der Waals surface area contributed by atoms with Gasteiger partial charge in [-0.2, -0.15) is 0 Å². The summed E-state index contributed by atoms with van der Waals surface area (Å²) in [7, 11) is 0. The fraction of sp³-hybridized carbons (Fsp3) is 0. The third kappa shape index (κ3) is 3.26. The Balaban J connectivity index is 1.83. The van der Waals surface area contributed by atoms with Crippen molar-refractivity contribution in [2.45, 2.75) is 0 Å². The third-order valence-corrected chi connectivity index (χ3v) is 5.66. The molecule has 5 rings (SSSR count). The first kappa shape index (κ1) is 19.7. The van der Waals surface area contributed by atoms with Crippen molar-refractivity contribution in [3.63, 3.8) is 0 Å². The van der Waals surface area contributed by atoms with Crippen molar-refractivity contribution in [3.05, 3.63) is 100 Å². The van der Waals surface area contributed by atoms with Crippen LogP contribution in [0.4, 0.5) is 8.78 Å². The summed E-state index contributed by atoms with van der Waals surface area (Å²) in [5, 5.41) is 2.64. The Bertz CT molecular complexity index is 1510. The van der Waals surface area contributed by atoms with E-state index in [1.807, 2.05) is 24.3 Å². The highest BCUT2D eigenvalue weighted by Gasteiger charge is 2.22. The van der Waals surface area contributed by atoms with Crippen molar-refractivity contribution in [2.24, 2.45) is 0 Å². The Labute approximate surface area is 185 Å². The van der Waals surface area contributed by atoms with E-state index in [9.17, 15) is 13.6 Å². The number of benzene rings is 4. The Kier molecular flexibility index (Phi) is 4.73. The second kappa shape index (κ2) is 7.45. The molecule has 3 nitrogen and oxygen atoms in total. The Morgan fingerprint density at radius 3 is 2.39 bits per heavy atom. The van der Waals surface area contributed by atoms with Gasteiger partial charge in [0, 0.05) is 26.6 Å². The molecule has 0 saturated heterocycles. The molecule has 4 aromatic carbocycles. The van der Waals surface area contributed by atoms with Gasteiger partial charge >= 0.3 is 0 Å². The molecule has 0 spiro atoms. The van der Waals surface area contributed by atoms with Crippen molar-refractivity contribution >= 4 is 50.9 Å². The van der Waals surface area contributed by atoms with E-state index >= 15 is 0 Å². The Morgan fingerprint density at radius 1 is 0.839 bits per heavy atom. The van der Waals surface area contributed by atoms with Gasteiger partial charge in [0.25, 0.3) is 5.91 Å². The molecule has 0 aliphatic rings. The maximum absolute atomic E-state index is 13.8. The zero-order valence-corrected chi connectivity index (χ0v) is 17.3.